The molecule has 0 radical (unpaired) electrons. The van der Waals surface area contributed by atoms with E-state index in [1.54, 1.807) is 24.2 Å². The molecule has 0 aliphatic heterocycles. The van der Waals surface area contributed by atoms with Crippen LogP contribution < -0.4 is 0 Å². The molecular formula is C29H43N3O3. The van der Waals surface area contributed by atoms with E-state index in [4.69, 9.17) is 10.00 Å². The van der Waals surface area contributed by atoms with E-state index in [1.807, 2.05) is 0 Å². The van der Waals surface area contributed by atoms with Gasteiger partial charge in [0.05, 0.1) is 30.5 Å². The number of methoxy groups -OCH3 is 1. The summed E-state index contributed by atoms with van der Waals surface area (Å²) < 4.78 is 7.05. The Hall–Kier alpha value is -1.71. The van der Waals surface area contributed by atoms with E-state index >= 15 is 0 Å². The monoisotopic (exact) mass is 481 g/mol. The van der Waals surface area contributed by atoms with Gasteiger partial charge >= 0.3 is 0 Å². The average molecular weight is 482 g/mol. The van der Waals surface area contributed by atoms with Gasteiger partial charge in [0.2, 0.25) is 0 Å². The van der Waals surface area contributed by atoms with Gasteiger partial charge in [-0.1, -0.05) is 20.3 Å². The molecule has 1 aromatic rings. The lowest BCUT2D eigenvalue weighted by atomic mass is 9.42. The molecule has 6 heteroatoms. The first-order valence-electron chi connectivity index (χ1n) is 13.9. The summed E-state index contributed by atoms with van der Waals surface area (Å²) in [5.41, 5.74) is 0.180. The Morgan fingerprint density at radius 2 is 1.91 bits per heavy atom. The van der Waals surface area contributed by atoms with E-state index in [1.165, 1.54) is 25.7 Å². The summed E-state index contributed by atoms with van der Waals surface area (Å²) in [6, 6.07) is 2.11. The van der Waals surface area contributed by atoms with Crippen LogP contribution in [-0.4, -0.2) is 40.0 Å². The predicted octanol–water partition coefficient (Wildman–Crippen LogP) is 5.14. The van der Waals surface area contributed by atoms with Gasteiger partial charge in [0, 0.05) is 19.2 Å². The van der Waals surface area contributed by atoms with E-state index in [9.17, 15) is 9.90 Å². The number of Topliss-reactive ketones (excluding diaryl/α,β-unsaturated/α-hetero) is 1. The lowest BCUT2D eigenvalue weighted by molar-refractivity contribution is -0.152. The first-order chi connectivity index (χ1) is 16.7. The second-order valence-electron chi connectivity index (χ2n) is 12.9. The summed E-state index contributed by atoms with van der Waals surface area (Å²) in [6.45, 7) is 5.67. The van der Waals surface area contributed by atoms with Crippen LogP contribution >= 0.6 is 0 Å². The third-order valence-electron chi connectivity index (χ3n) is 11.3. The Kier molecular flexibility index (Phi) is 6.64. The highest BCUT2D eigenvalue weighted by atomic mass is 16.5. The molecule has 0 amide bonds. The fraction of sp³-hybridized carbons (Fsp3) is 0.828. The third kappa shape index (κ3) is 4.27. The molecule has 4 fully saturated rings. The fourth-order valence-corrected chi connectivity index (χ4v) is 9.38. The maximum atomic E-state index is 13.6. The minimum absolute atomic E-state index is 0.0619. The molecule has 5 rings (SSSR count). The molecule has 35 heavy (non-hydrogen) atoms. The molecule has 4 saturated carbocycles. The van der Waals surface area contributed by atoms with E-state index in [0.717, 1.165) is 44.9 Å². The van der Waals surface area contributed by atoms with Gasteiger partial charge in [0.15, 0.2) is 5.78 Å². The van der Waals surface area contributed by atoms with Crippen molar-refractivity contribution in [3.63, 3.8) is 0 Å². The summed E-state index contributed by atoms with van der Waals surface area (Å²) in [6.07, 6.45) is 15.4. The number of nitrogens with zero attached hydrogens (tertiary/aromatic N) is 3. The van der Waals surface area contributed by atoms with Gasteiger partial charge in [-0.25, -0.2) is 0 Å². The Labute approximate surface area is 210 Å². The molecule has 6 nitrogen and oxygen atoms in total. The van der Waals surface area contributed by atoms with Crippen LogP contribution in [0.3, 0.4) is 0 Å². The highest BCUT2D eigenvalue weighted by molar-refractivity contribution is 5.81. The number of ketones is 1. The van der Waals surface area contributed by atoms with Gasteiger partial charge < -0.3 is 9.84 Å². The van der Waals surface area contributed by atoms with E-state index < -0.39 is 5.60 Å². The molecule has 0 spiro atoms. The first-order valence-corrected chi connectivity index (χ1v) is 13.9. The number of aromatic nitrogens is 2. The number of fused-ring (bicyclic) bond motifs is 5. The number of rotatable bonds is 5. The van der Waals surface area contributed by atoms with Crippen LogP contribution in [0.4, 0.5) is 0 Å². The van der Waals surface area contributed by atoms with Crippen molar-refractivity contribution in [2.24, 2.45) is 40.4 Å². The van der Waals surface area contributed by atoms with Crippen LogP contribution in [-0.2, 0) is 16.1 Å². The molecular weight excluding hydrogens is 438 g/mol. The molecule has 0 saturated heterocycles. The number of ether oxygens (including phenoxy) is 1. The zero-order valence-electron chi connectivity index (χ0n) is 21.8. The summed E-state index contributed by atoms with van der Waals surface area (Å²) >= 11 is 0. The molecule has 8 atom stereocenters. The molecule has 1 aromatic heterocycles. The van der Waals surface area contributed by atoms with Crippen molar-refractivity contribution in [3.8, 4) is 6.07 Å². The molecule has 4 aliphatic carbocycles. The van der Waals surface area contributed by atoms with Gasteiger partial charge in [-0.3, -0.25) is 9.48 Å². The largest absolute Gasteiger partial charge is 0.387 e. The number of carbonyl (C=O) groups is 1. The summed E-state index contributed by atoms with van der Waals surface area (Å²) in [5, 5.41) is 24.5. The lowest BCUT2D eigenvalue weighted by Gasteiger charge is -2.62. The normalized spacial score (nSPS) is 43.2. The van der Waals surface area contributed by atoms with Crippen molar-refractivity contribution in [2.75, 3.05) is 13.7 Å². The molecule has 0 unspecified atom stereocenters. The molecule has 4 aliphatic rings. The summed E-state index contributed by atoms with van der Waals surface area (Å²) in [5.74, 6) is 3.06. The maximum absolute atomic E-state index is 13.6. The first kappa shape index (κ1) is 25.0. The smallest absolute Gasteiger partial charge is 0.157 e. The molecule has 0 bridgehead atoms. The number of aliphatic hydroxyl groups is 1. The van der Waals surface area contributed by atoms with E-state index in [-0.39, 0.29) is 23.3 Å². The number of nitriles is 1. The van der Waals surface area contributed by atoms with Crippen LogP contribution in [0.5, 0.6) is 0 Å². The number of carbonyl (C=O) groups excluding carboxylic acids is 1. The summed E-state index contributed by atoms with van der Waals surface area (Å²) in [4.78, 5) is 13.6. The van der Waals surface area contributed by atoms with Gasteiger partial charge in [-0.05, 0) is 98.7 Å². The van der Waals surface area contributed by atoms with Crippen molar-refractivity contribution < 1.29 is 14.6 Å². The van der Waals surface area contributed by atoms with Crippen molar-refractivity contribution in [1.82, 2.24) is 9.78 Å². The molecule has 0 aromatic carbocycles. The van der Waals surface area contributed by atoms with Crippen molar-refractivity contribution in [2.45, 2.75) is 96.6 Å². The van der Waals surface area contributed by atoms with Crippen LogP contribution in [0.15, 0.2) is 12.4 Å². The standard InChI is InChI=1S/C29H43N3O3/c1-27-13-14-29(34,19-35-3)12-9-21(27)7-8-22-23-5-4-6-25(28(23,2)11-10-24(22)27)26(33)18-32-17-20(15-30)16-31-32/h16-17,21-25,34H,4-14,18-19H2,1-3H3/t21-,22-,23-,24-,25+,27-,28-,29-/m0/s1. The van der Waals surface area contributed by atoms with E-state index in [0.29, 0.717) is 41.6 Å². The second kappa shape index (κ2) is 9.30. The van der Waals surface area contributed by atoms with Gasteiger partial charge in [0.1, 0.15) is 6.07 Å². The highest BCUT2D eigenvalue weighted by Gasteiger charge is 2.59. The fourth-order valence-electron chi connectivity index (χ4n) is 9.38. The quantitative estimate of drug-likeness (QED) is 0.629. The van der Waals surface area contributed by atoms with Crippen LogP contribution in [0, 0.1) is 51.8 Å². The topological polar surface area (TPSA) is 88.1 Å². The highest BCUT2D eigenvalue weighted by Crippen LogP contribution is 2.66. The Balaban J connectivity index is 1.35. The predicted molar refractivity (Wildman–Crippen MR) is 133 cm³/mol. The molecule has 192 valence electrons. The third-order valence-corrected chi connectivity index (χ3v) is 11.3. The van der Waals surface area contributed by atoms with Crippen LogP contribution in [0.25, 0.3) is 0 Å². The Morgan fingerprint density at radius 3 is 2.66 bits per heavy atom. The van der Waals surface area contributed by atoms with Gasteiger partial charge in [0.25, 0.3) is 0 Å². The average Bonchev–Trinajstić information content (AvgIpc) is 3.24. The minimum Gasteiger partial charge on any atom is -0.387 e. The second-order valence-corrected chi connectivity index (χ2v) is 12.9. The van der Waals surface area contributed by atoms with Crippen molar-refractivity contribution >= 4 is 5.78 Å². The Morgan fingerprint density at radius 1 is 1.11 bits per heavy atom. The SMILES string of the molecule is COC[C@]1(O)CC[C@@H]2CC[C@@H]3[C@H](CC[C@]4(C)[C@@H](C(=O)Cn5cc(C#N)cn5)CCC[C@@H]34)[C@@]2(C)CC1. The lowest BCUT2D eigenvalue weighted by Crippen LogP contribution is -2.56. The zero-order valence-corrected chi connectivity index (χ0v) is 21.8. The number of hydrogen-bond donors (Lipinski definition) is 1. The number of hydrogen-bond acceptors (Lipinski definition) is 5. The molecule has 1 N–H and O–H groups in total. The van der Waals surface area contributed by atoms with Crippen LogP contribution in [0.1, 0.15) is 90.0 Å². The maximum Gasteiger partial charge on any atom is 0.157 e. The Bertz CT molecular complexity index is 984. The van der Waals surface area contributed by atoms with E-state index in [2.05, 4.69) is 25.0 Å². The zero-order chi connectivity index (χ0) is 24.8. The van der Waals surface area contributed by atoms with Crippen LogP contribution in [0.2, 0.25) is 0 Å². The summed E-state index contributed by atoms with van der Waals surface area (Å²) in [7, 11) is 1.70. The van der Waals surface area contributed by atoms with Crippen molar-refractivity contribution in [1.29, 1.82) is 5.26 Å². The van der Waals surface area contributed by atoms with Crippen molar-refractivity contribution in [3.05, 3.63) is 18.0 Å². The van der Waals surface area contributed by atoms with Gasteiger partial charge in [-0.2, -0.15) is 10.4 Å². The van der Waals surface area contributed by atoms with Gasteiger partial charge in [-0.15, -0.1) is 0 Å². The molecule has 1 heterocycles. The minimum atomic E-state index is -0.673.